The molecule has 118 valence electrons. The molecule has 20 heavy (non-hydrogen) atoms. The first-order valence-electron chi connectivity index (χ1n) is 7.78. The Labute approximate surface area is 124 Å². The molecule has 1 N–H and O–H groups in total. The maximum Gasteiger partial charge on any atom is 0.225 e. The fourth-order valence-electron chi connectivity index (χ4n) is 2.13. The van der Waals surface area contributed by atoms with Crippen molar-refractivity contribution in [3.63, 3.8) is 0 Å². The van der Waals surface area contributed by atoms with Crippen LogP contribution in [0.5, 0.6) is 0 Å². The first-order valence-corrected chi connectivity index (χ1v) is 7.78. The van der Waals surface area contributed by atoms with E-state index in [1.54, 1.807) is 0 Å². The molecule has 0 aliphatic heterocycles. The SMILES string of the molecule is CC(C)CN(C)C(=O)C(C)CCCCNC(=O)C(C)C. The number of hydrogen-bond donors (Lipinski definition) is 1. The van der Waals surface area contributed by atoms with Crippen LogP contribution in [0.3, 0.4) is 0 Å². The van der Waals surface area contributed by atoms with E-state index >= 15 is 0 Å². The van der Waals surface area contributed by atoms with Crippen molar-refractivity contribution < 1.29 is 9.59 Å². The number of nitrogens with one attached hydrogen (secondary N) is 1. The molecule has 0 radical (unpaired) electrons. The van der Waals surface area contributed by atoms with Crippen molar-refractivity contribution in [2.24, 2.45) is 17.8 Å². The van der Waals surface area contributed by atoms with Gasteiger partial charge >= 0.3 is 0 Å². The minimum absolute atomic E-state index is 0.0418. The van der Waals surface area contributed by atoms with Crippen molar-refractivity contribution in [2.45, 2.75) is 53.9 Å². The summed E-state index contributed by atoms with van der Waals surface area (Å²) in [6.07, 6.45) is 2.80. The molecule has 0 bridgehead atoms. The van der Waals surface area contributed by atoms with Crippen molar-refractivity contribution in [3.05, 3.63) is 0 Å². The zero-order valence-electron chi connectivity index (χ0n) is 14.0. The van der Waals surface area contributed by atoms with E-state index in [-0.39, 0.29) is 23.7 Å². The monoisotopic (exact) mass is 284 g/mol. The summed E-state index contributed by atoms with van der Waals surface area (Å²) in [4.78, 5) is 25.3. The molecule has 0 aliphatic rings. The van der Waals surface area contributed by atoms with Crippen LogP contribution in [-0.2, 0) is 9.59 Å². The Morgan fingerprint density at radius 1 is 1.05 bits per heavy atom. The number of carbonyl (C=O) groups is 2. The van der Waals surface area contributed by atoms with Gasteiger partial charge in [-0.2, -0.15) is 0 Å². The molecular formula is C16H32N2O2. The lowest BCUT2D eigenvalue weighted by molar-refractivity contribution is -0.134. The van der Waals surface area contributed by atoms with Crippen LogP contribution in [-0.4, -0.2) is 36.9 Å². The summed E-state index contributed by atoms with van der Waals surface area (Å²) in [6.45, 7) is 11.5. The number of unbranched alkanes of at least 4 members (excludes halogenated alkanes) is 1. The molecule has 0 rings (SSSR count). The first-order chi connectivity index (χ1) is 9.25. The molecule has 0 fully saturated rings. The van der Waals surface area contributed by atoms with Crippen LogP contribution in [0.1, 0.15) is 53.9 Å². The van der Waals surface area contributed by atoms with Gasteiger partial charge in [0, 0.05) is 32.0 Å². The highest BCUT2D eigenvalue weighted by atomic mass is 16.2. The lowest BCUT2D eigenvalue weighted by Gasteiger charge is -2.23. The van der Waals surface area contributed by atoms with Gasteiger partial charge in [-0.15, -0.1) is 0 Å². The van der Waals surface area contributed by atoms with Gasteiger partial charge in [0.1, 0.15) is 0 Å². The van der Waals surface area contributed by atoms with E-state index in [1.165, 1.54) is 0 Å². The van der Waals surface area contributed by atoms with Gasteiger partial charge in [-0.3, -0.25) is 9.59 Å². The molecule has 0 saturated heterocycles. The third-order valence-corrected chi connectivity index (χ3v) is 3.32. The van der Waals surface area contributed by atoms with E-state index in [1.807, 2.05) is 32.7 Å². The number of rotatable bonds is 9. The van der Waals surface area contributed by atoms with Crippen molar-refractivity contribution in [3.8, 4) is 0 Å². The van der Waals surface area contributed by atoms with Crippen LogP contribution < -0.4 is 5.32 Å². The highest BCUT2D eigenvalue weighted by Crippen LogP contribution is 2.11. The van der Waals surface area contributed by atoms with E-state index < -0.39 is 0 Å². The Bertz CT molecular complexity index is 301. The molecule has 0 spiro atoms. The molecule has 1 atom stereocenters. The Morgan fingerprint density at radius 2 is 1.65 bits per heavy atom. The highest BCUT2D eigenvalue weighted by molar-refractivity contribution is 5.78. The number of nitrogens with zero attached hydrogens (tertiary/aromatic N) is 1. The molecular weight excluding hydrogens is 252 g/mol. The van der Waals surface area contributed by atoms with Crippen molar-refractivity contribution >= 4 is 11.8 Å². The summed E-state index contributed by atoms with van der Waals surface area (Å²) in [5, 5.41) is 2.90. The molecule has 0 aromatic rings. The molecule has 0 saturated carbocycles. The van der Waals surface area contributed by atoms with Gasteiger partial charge in [-0.05, 0) is 18.8 Å². The van der Waals surface area contributed by atoms with Crippen LogP contribution >= 0.6 is 0 Å². The number of hydrogen-bond acceptors (Lipinski definition) is 2. The van der Waals surface area contributed by atoms with E-state index in [4.69, 9.17) is 0 Å². The third-order valence-electron chi connectivity index (χ3n) is 3.32. The van der Waals surface area contributed by atoms with Gasteiger partial charge in [0.2, 0.25) is 11.8 Å². The molecule has 0 aromatic heterocycles. The first kappa shape index (κ1) is 18.9. The van der Waals surface area contributed by atoms with E-state index in [2.05, 4.69) is 19.2 Å². The average molecular weight is 284 g/mol. The van der Waals surface area contributed by atoms with Crippen molar-refractivity contribution in [1.82, 2.24) is 10.2 Å². The second-order valence-electron chi connectivity index (χ2n) is 6.46. The quantitative estimate of drug-likeness (QED) is 0.662. The van der Waals surface area contributed by atoms with Gasteiger partial charge in [0.15, 0.2) is 0 Å². The topological polar surface area (TPSA) is 49.4 Å². The Kier molecular flexibility index (Phi) is 9.26. The second kappa shape index (κ2) is 9.78. The van der Waals surface area contributed by atoms with Gasteiger partial charge in [0.05, 0.1) is 0 Å². The largest absolute Gasteiger partial charge is 0.356 e. The lowest BCUT2D eigenvalue weighted by atomic mass is 10.0. The molecule has 1 unspecified atom stereocenters. The molecule has 0 aliphatic carbocycles. The Morgan fingerprint density at radius 3 is 2.15 bits per heavy atom. The summed E-state index contributed by atoms with van der Waals surface area (Å²) in [5.74, 6) is 0.942. The zero-order chi connectivity index (χ0) is 15.7. The fourth-order valence-corrected chi connectivity index (χ4v) is 2.13. The summed E-state index contributed by atoms with van der Waals surface area (Å²) in [7, 11) is 1.88. The zero-order valence-corrected chi connectivity index (χ0v) is 14.0. The van der Waals surface area contributed by atoms with Crippen LogP contribution in [0.2, 0.25) is 0 Å². The van der Waals surface area contributed by atoms with Crippen molar-refractivity contribution in [1.29, 1.82) is 0 Å². The van der Waals surface area contributed by atoms with Crippen LogP contribution in [0.15, 0.2) is 0 Å². The van der Waals surface area contributed by atoms with E-state index in [9.17, 15) is 9.59 Å². The minimum atomic E-state index is 0.0418. The normalized spacial score (nSPS) is 12.6. The van der Waals surface area contributed by atoms with E-state index in [0.29, 0.717) is 12.5 Å². The molecule has 4 nitrogen and oxygen atoms in total. The smallest absolute Gasteiger partial charge is 0.225 e. The summed E-state index contributed by atoms with van der Waals surface area (Å²) >= 11 is 0. The Balaban J connectivity index is 3.80. The predicted octanol–water partition coefficient (Wildman–Crippen LogP) is 2.68. The third kappa shape index (κ3) is 8.18. The maximum absolute atomic E-state index is 12.1. The molecule has 2 amide bonds. The molecule has 4 heteroatoms. The standard InChI is InChI=1S/C16H32N2O2/c1-12(2)11-18(6)16(20)14(5)9-7-8-10-17-15(19)13(3)4/h12-14H,7-11H2,1-6H3,(H,17,19). The van der Waals surface area contributed by atoms with Crippen LogP contribution in [0.25, 0.3) is 0 Å². The molecule has 0 heterocycles. The average Bonchev–Trinajstić information content (AvgIpc) is 2.35. The van der Waals surface area contributed by atoms with Gasteiger partial charge in [-0.25, -0.2) is 0 Å². The highest BCUT2D eigenvalue weighted by Gasteiger charge is 2.17. The van der Waals surface area contributed by atoms with E-state index in [0.717, 1.165) is 25.8 Å². The van der Waals surface area contributed by atoms with Gasteiger partial charge in [0.25, 0.3) is 0 Å². The number of amides is 2. The second-order valence-corrected chi connectivity index (χ2v) is 6.46. The molecule has 0 aromatic carbocycles. The Hall–Kier alpha value is -1.06. The van der Waals surface area contributed by atoms with Crippen LogP contribution in [0.4, 0.5) is 0 Å². The minimum Gasteiger partial charge on any atom is -0.356 e. The predicted molar refractivity (Wildman–Crippen MR) is 83.3 cm³/mol. The summed E-state index contributed by atoms with van der Waals surface area (Å²) in [6, 6.07) is 0. The number of carbonyl (C=O) groups excluding carboxylic acids is 2. The maximum atomic E-state index is 12.1. The van der Waals surface area contributed by atoms with Crippen molar-refractivity contribution in [2.75, 3.05) is 20.1 Å². The van der Waals surface area contributed by atoms with Gasteiger partial charge in [-0.1, -0.05) is 41.0 Å². The summed E-state index contributed by atoms with van der Waals surface area (Å²) in [5.41, 5.74) is 0. The lowest BCUT2D eigenvalue weighted by Crippen LogP contribution is -2.34. The van der Waals surface area contributed by atoms with Gasteiger partial charge < -0.3 is 10.2 Å². The fraction of sp³-hybridized carbons (Fsp3) is 0.875. The van der Waals surface area contributed by atoms with Crippen LogP contribution in [0, 0.1) is 17.8 Å². The summed E-state index contributed by atoms with van der Waals surface area (Å²) < 4.78 is 0.